The minimum Gasteiger partial charge on any atom is -0.496 e. The molecule has 2 rings (SSSR count). The summed E-state index contributed by atoms with van der Waals surface area (Å²) in [4.78, 5) is 0. The molecule has 0 amide bonds. The van der Waals surface area contributed by atoms with Crippen molar-refractivity contribution in [3.05, 3.63) is 48.0 Å². The average molecular weight is 253 g/mol. The van der Waals surface area contributed by atoms with Crippen molar-refractivity contribution in [3.63, 3.8) is 0 Å². The van der Waals surface area contributed by atoms with E-state index in [2.05, 4.69) is 6.07 Å². The van der Waals surface area contributed by atoms with Gasteiger partial charge in [0.25, 0.3) is 0 Å². The van der Waals surface area contributed by atoms with Crippen LogP contribution < -0.4 is 9.47 Å². The molecule has 0 bridgehead atoms. The summed E-state index contributed by atoms with van der Waals surface area (Å²) in [6.07, 6.45) is 0.343. The molecule has 0 saturated heterocycles. The number of rotatable bonds is 4. The predicted octanol–water partition coefficient (Wildman–Crippen LogP) is 3.44. The van der Waals surface area contributed by atoms with Gasteiger partial charge in [-0.2, -0.15) is 5.26 Å². The number of nitriles is 1. The van der Waals surface area contributed by atoms with E-state index in [1.54, 1.807) is 14.2 Å². The zero-order valence-corrected chi connectivity index (χ0v) is 11.0. The molecule has 0 heterocycles. The van der Waals surface area contributed by atoms with Gasteiger partial charge in [0, 0.05) is 11.1 Å². The number of hydrogen-bond donors (Lipinski definition) is 0. The molecule has 0 aliphatic carbocycles. The Morgan fingerprint density at radius 1 is 1.00 bits per heavy atom. The third-order valence-corrected chi connectivity index (χ3v) is 2.97. The van der Waals surface area contributed by atoms with E-state index in [9.17, 15) is 0 Å². The molecule has 19 heavy (non-hydrogen) atoms. The zero-order chi connectivity index (χ0) is 13.7. The van der Waals surface area contributed by atoms with Crippen molar-refractivity contribution in [1.29, 1.82) is 5.26 Å². The molecule has 0 N–H and O–H groups in total. The van der Waals surface area contributed by atoms with Gasteiger partial charge in [-0.3, -0.25) is 0 Å². The lowest BCUT2D eigenvalue weighted by Gasteiger charge is -2.11. The maximum atomic E-state index is 8.78. The highest BCUT2D eigenvalue weighted by Crippen LogP contribution is 2.33. The Kier molecular flexibility index (Phi) is 4.04. The van der Waals surface area contributed by atoms with Crippen LogP contribution in [-0.2, 0) is 6.42 Å². The maximum absolute atomic E-state index is 8.78. The average Bonchev–Trinajstić information content (AvgIpc) is 2.48. The van der Waals surface area contributed by atoms with Gasteiger partial charge in [-0.25, -0.2) is 0 Å². The molecule has 96 valence electrons. The van der Waals surface area contributed by atoms with Crippen LogP contribution in [0.5, 0.6) is 11.5 Å². The highest BCUT2D eigenvalue weighted by molar-refractivity contribution is 5.72. The fourth-order valence-corrected chi connectivity index (χ4v) is 2.03. The first-order valence-electron chi connectivity index (χ1n) is 5.97. The molecule has 0 spiro atoms. The Morgan fingerprint density at radius 2 is 1.74 bits per heavy atom. The lowest BCUT2D eigenvalue weighted by molar-refractivity contribution is 0.410. The number of ether oxygens (including phenoxy) is 2. The lowest BCUT2D eigenvalue weighted by Crippen LogP contribution is -1.93. The molecular formula is C16H15NO2. The third-order valence-electron chi connectivity index (χ3n) is 2.97. The van der Waals surface area contributed by atoms with Crippen molar-refractivity contribution in [3.8, 4) is 28.7 Å². The van der Waals surface area contributed by atoms with Crippen LogP contribution in [0, 0.1) is 11.3 Å². The van der Waals surface area contributed by atoms with E-state index < -0.39 is 0 Å². The summed E-state index contributed by atoms with van der Waals surface area (Å²) < 4.78 is 10.7. The van der Waals surface area contributed by atoms with E-state index >= 15 is 0 Å². The second kappa shape index (κ2) is 5.92. The van der Waals surface area contributed by atoms with Crippen LogP contribution in [-0.4, -0.2) is 14.2 Å². The normalized spacial score (nSPS) is 9.74. The number of hydrogen-bond acceptors (Lipinski definition) is 3. The topological polar surface area (TPSA) is 42.2 Å². The summed E-state index contributed by atoms with van der Waals surface area (Å²) in [5.41, 5.74) is 2.91. The van der Waals surface area contributed by atoms with Crippen LogP contribution in [0.2, 0.25) is 0 Å². The first-order chi connectivity index (χ1) is 9.30. The molecule has 0 aliphatic heterocycles. The smallest absolute Gasteiger partial charge is 0.126 e. The van der Waals surface area contributed by atoms with Crippen molar-refractivity contribution in [2.24, 2.45) is 0 Å². The largest absolute Gasteiger partial charge is 0.496 e. The van der Waals surface area contributed by atoms with Gasteiger partial charge in [0.1, 0.15) is 11.5 Å². The van der Waals surface area contributed by atoms with Gasteiger partial charge in [-0.15, -0.1) is 0 Å². The van der Waals surface area contributed by atoms with Crippen LogP contribution >= 0.6 is 0 Å². The summed E-state index contributed by atoms with van der Waals surface area (Å²) in [5.74, 6) is 1.54. The quantitative estimate of drug-likeness (QED) is 0.838. The second-order valence-corrected chi connectivity index (χ2v) is 4.06. The van der Waals surface area contributed by atoms with Crippen molar-refractivity contribution < 1.29 is 9.47 Å². The Labute approximate surface area is 113 Å². The molecule has 0 saturated carbocycles. The van der Waals surface area contributed by atoms with Crippen molar-refractivity contribution in [1.82, 2.24) is 0 Å². The Bertz CT molecular complexity index is 614. The molecule has 0 aromatic heterocycles. The van der Waals surface area contributed by atoms with E-state index in [1.807, 2.05) is 42.5 Å². The van der Waals surface area contributed by atoms with Crippen LogP contribution in [0.15, 0.2) is 42.5 Å². The Morgan fingerprint density at radius 3 is 2.42 bits per heavy atom. The van der Waals surface area contributed by atoms with Crippen LogP contribution in [0.25, 0.3) is 11.1 Å². The summed E-state index contributed by atoms with van der Waals surface area (Å²) in [7, 11) is 3.27. The molecule has 3 heteroatoms. The molecule has 0 fully saturated rings. The fourth-order valence-electron chi connectivity index (χ4n) is 2.03. The molecule has 2 aromatic carbocycles. The van der Waals surface area contributed by atoms with E-state index in [0.717, 1.165) is 28.2 Å². The SMILES string of the molecule is COc1cc(-c2ccccc2OC)ccc1CC#N. The number of methoxy groups -OCH3 is 2. The molecule has 3 nitrogen and oxygen atoms in total. The highest BCUT2D eigenvalue weighted by atomic mass is 16.5. The van der Waals surface area contributed by atoms with Crippen molar-refractivity contribution >= 4 is 0 Å². The predicted molar refractivity (Wildman–Crippen MR) is 74.3 cm³/mol. The molecule has 0 radical (unpaired) electrons. The third kappa shape index (κ3) is 2.69. The Hall–Kier alpha value is -2.47. The highest BCUT2D eigenvalue weighted by Gasteiger charge is 2.09. The second-order valence-electron chi connectivity index (χ2n) is 4.06. The summed E-state index contributed by atoms with van der Waals surface area (Å²) in [6, 6.07) is 15.8. The van der Waals surface area contributed by atoms with Crippen molar-refractivity contribution in [2.75, 3.05) is 14.2 Å². The molecule has 0 aliphatic rings. The van der Waals surface area contributed by atoms with Crippen molar-refractivity contribution in [2.45, 2.75) is 6.42 Å². The van der Waals surface area contributed by atoms with Gasteiger partial charge in [0.05, 0.1) is 26.7 Å². The minimum atomic E-state index is 0.343. The van der Waals surface area contributed by atoms with Gasteiger partial charge < -0.3 is 9.47 Å². The molecule has 2 aromatic rings. The van der Waals surface area contributed by atoms with Gasteiger partial charge in [-0.05, 0) is 17.7 Å². The van der Waals surface area contributed by atoms with E-state index in [-0.39, 0.29) is 0 Å². The summed E-state index contributed by atoms with van der Waals surface area (Å²) in [5, 5.41) is 8.78. The summed E-state index contributed by atoms with van der Waals surface area (Å²) in [6.45, 7) is 0. The van der Waals surface area contributed by atoms with E-state index in [4.69, 9.17) is 14.7 Å². The zero-order valence-electron chi connectivity index (χ0n) is 11.0. The maximum Gasteiger partial charge on any atom is 0.126 e. The number of benzene rings is 2. The first-order valence-corrected chi connectivity index (χ1v) is 5.97. The number of para-hydroxylation sites is 1. The monoisotopic (exact) mass is 253 g/mol. The van der Waals surface area contributed by atoms with Crippen LogP contribution in [0.4, 0.5) is 0 Å². The van der Waals surface area contributed by atoms with Gasteiger partial charge in [-0.1, -0.05) is 30.3 Å². The molecular weight excluding hydrogens is 238 g/mol. The lowest BCUT2D eigenvalue weighted by atomic mass is 10.0. The van der Waals surface area contributed by atoms with Gasteiger partial charge in [0.15, 0.2) is 0 Å². The standard InChI is InChI=1S/C16H15NO2/c1-18-15-6-4-3-5-14(15)13-8-7-12(9-10-17)16(11-13)19-2/h3-8,11H,9H2,1-2H3. The number of nitrogens with zero attached hydrogens (tertiary/aromatic N) is 1. The fraction of sp³-hybridized carbons (Fsp3) is 0.188. The van der Waals surface area contributed by atoms with E-state index in [1.165, 1.54) is 0 Å². The van der Waals surface area contributed by atoms with Gasteiger partial charge >= 0.3 is 0 Å². The van der Waals surface area contributed by atoms with Crippen LogP contribution in [0.3, 0.4) is 0 Å². The molecule has 0 atom stereocenters. The minimum absolute atomic E-state index is 0.343. The van der Waals surface area contributed by atoms with Crippen LogP contribution in [0.1, 0.15) is 5.56 Å². The summed E-state index contributed by atoms with van der Waals surface area (Å²) >= 11 is 0. The molecule has 0 unspecified atom stereocenters. The Balaban J connectivity index is 2.49. The first kappa shape index (κ1) is 13.0. The van der Waals surface area contributed by atoms with Gasteiger partial charge in [0.2, 0.25) is 0 Å². The van der Waals surface area contributed by atoms with E-state index in [0.29, 0.717) is 6.42 Å².